The number of likely N-dealkylation sites (tertiary alicyclic amines) is 1. The van der Waals surface area contributed by atoms with E-state index >= 15 is 0 Å². The Balaban J connectivity index is 1.55. The number of amides is 1. The first-order valence-electron chi connectivity index (χ1n) is 10.2. The van der Waals surface area contributed by atoms with Crippen molar-refractivity contribution >= 4 is 50.9 Å². The van der Waals surface area contributed by atoms with Gasteiger partial charge >= 0.3 is 0 Å². The summed E-state index contributed by atoms with van der Waals surface area (Å²) in [6, 6.07) is 14.2. The third-order valence-corrected chi connectivity index (χ3v) is 6.29. The molecular formula is C22H21BrN6OS. The van der Waals surface area contributed by atoms with Gasteiger partial charge in [-0.05, 0) is 49.0 Å². The number of nitrogens with zero attached hydrogens (tertiary/aromatic N) is 3. The Morgan fingerprint density at radius 2 is 2.13 bits per heavy atom. The zero-order valence-corrected chi connectivity index (χ0v) is 19.1. The highest BCUT2D eigenvalue weighted by Gasteiger charge is 2.20. The average Bonchev–Trinajstić information content (AvgIpc) is 3.46. The van der Waals surface area contributed by atoms with Crippen molar-refractivity contribution in [1.29, 1.82) is 0 Å². The Morgan fingerprint density at radius 3 is 2.94 bits per heavy atom. The van der Waals surface area contributed by atoms with Crippen molar-refractivity contribution in [1.82, 2.24) is 24.4 Å². The molecule has 1 amide bonds. The normalized spacial score (nSPS) is 14.0. The summed E-state index contributed by atoms with van der Waals surface area (Å²) in [4.78, 5) is 24.6. The molecular weight excluding hydrogens is 476 g/mol. The molecule has 1 saturated heterocycles. The Kier molecular flexibility index (Phi) is 5.37. The van der Waals surface area contributed by atoms with Crippen molar-refractivity contribution in [2.75, 3.05) is 25.0 Å². The molecule has 4 aromatic rings. The van der Waals surface area contributed by atoms with Crippen LogP contribution in [0, 0.1) is 4.77 Å². The first kappa shape index (κ1) is 20.0. The standard InChI is InChI=1S/C22H21BrN6OS/c23-15-4-1-3-14(11-15)20-21(24-8-10-28-9-2-5-19(28)30)27-22(31)29(20)16-6-7-17-18(12-16)26-13-25-17/h1,3-4,6-7,11-13,24H,2,5,8-10H2,(H,25,26)(H,27,31). The van der Waals surface area contributed by atoms with Crippen molar-refractivity contribution in [3.63, 3.8) is 0 Å². The molecule has 9 heteroatoms. The minimum atomic E-state index is 0.229. The molecule has 3 N–H and O–H groups in total. The first-order valence-corrected chi connectivity index (χ1v) is 11.4. The summed E-state index contributed by atoms with van der Waals surface area (Å²) < 4.78 is 3.61. The number of hydrogen-bond acceptors (Lipinski definition) is 4. The summed E-state index contributed by atoms with van der Waals surface area (Å²) in [6.45, 7) is 2.14. The number of fused-ring (bicyclic) bond motifs is 1. The molecule has 1 fully saturated rings. The van der Waals surface area contributed by atoms with Gasteiger partial charge < -0.3 is 20.2 Å². The largest absolute Gasteiger partial charge is 0.368 e. The van der Waals surface area contributed by atoms with Gasteiger partial charge in [0.25, 0.3) is 0 Å². The van der Waals surface area contributed by atoms with Gasteiger partial charge in [-0.15, -0.1) is 0 Å². The number of hydrogen-bond donors (Lipinski definition) is 3. The number of benzene rings is 2. The van der Waals surface area contributed by atoms with E-state index in [-0.39, 0.29) is 5.91 Å². The molecule has 2 aromatic carbocycles. The second-order valence-corrected chi connectivity index (χ2v) is 8.82. The Hall–Kier alpha value is -2.91. The highest BCUT2D eigenvalue weighted by Crippen LogP contribution is 2.33. The van der Waals surface area contributed by atoms with Gasteiger partial charge in [0.15, 0.2) is 4.77 Å². The van der Waals surface area contributed by atoms with Crippen LogP contribution in [-0.2, 0) is 4.79 Å². The fraction of sp³-hybridized carbons (Fsp3) is 0.227. The maximum Gasteiger partial charge on any atom is 0.222 e. The van der Waals surface area contributed by atoms with Crippen LogP contribution in [-0.4, -0.2) is 50.0 Å². The molecule has 1 aliphatic heterocycles. The molecule has 0 radical (unpaired) electrons. The number of aromatic amines is 2. The topological polar surface area (TPSA) is 81.7 Å². The van der Waals surface area contributed by atoms with E-state index in [1.54, 1.807) is 6.33 Å². The summed E-state index contributed by atoms with van der Waals surface area (Å²) in [5.74, 6) is 1.06. The maximum absolute atomic E-state index is 11.9. The quantitative estimate of drug-likeness (QED) is 0.332. The van der Waals surface area contributed by atoms with E-state index in [1.165, 1.54) is 0 Å². The Morgan fingerprint density at radius 1 is 1.23 bits per heavy atom. The zero-order valence-electron chi connectivity index (χ0n) is 16.7. The lowest BCUT2D eigenvalue weighted by Crippen LogP contribution is -2.30. The summed E-state index contributed by atoms with van der Waals surface area (Å²) in [6.07, 6.45) is 3.28. The van der Waals surface area contributed by atoms with Crippen LogP contribution in [0.1, 0.15) is 12.8 Å². The molecule has 3 heterocycles. The van der Waals surface area contributed by atoms with Crippen LogP contribution < -0.4 is 5.32 Å². The zero-order chi connectivity index (χ0) is 21.4. The second-order valence-electron chi connectivity index (χ2n) is 7.51. The van der Waals surface area contributed by atoms with E-state index in [0.29, 0.717) is 24.3 Å². The predicted molar refractivity (Wildman–Crippen MR) is 128 cm³/mol. The fourth-order valence-electron chi connectivity index (χ4n) is 4.04. The number of imidazole rings is 2. The van der Waals surface area contributed by atoms with E-state index in [4.69, 9.17) is 12.2 Å². The van der Waals surface area contributed by atoms with Crippen molar-refractivity contribution in [3.8, 4) is 16.9 Å². The van der Waals surface area contributed by atoms with E-state index < -0.39 is 0 Å². The Labute approximate surface area is 192 Å². The van der Waals surface area contributed by atoms with E-state index in [0.717, 1.165) is 51.2 Å². The van der Waals surface area contributed by atoms with Gasteiger partial charge in [-0.1, -0.05) is 28.1 Å². The van der Waals surface area contributed by atoms with Crippen molar-refractivity contribution < 1.29 is 4.79 Å². The van der Waals surface area contributed by atoms with E-state index in [1.807, 2.05) is 39.8 Å². The van der Waals surface area contributed by atoms with Gasteiger partial charge in [-0.2, -0.15) is 0 Å². The Bertz CT molecular complexity index is 1320. The third kappa shape index (κ3) is 3.90. The predicted octanol–water partition coefficient (Wildman–Crippen LogP) is 4.87. The number of rotatable bonds is 6. The lowest BCUT2D eigenvalue weighted by atomic mass is 10.1. The second kappa shape index (κ2) is 8.32. The summed E-state index contributed by atoms with van der Waals surface area (Å²) in [7, 11) is 0. The van der Waals surface area contributed by atoms with Gasteiger partial charge in [-0.3, -0.25) is 9.36 Å². The van der Waals surface area contributed by atoms with Crippen LogP contribution in [0.25, 0.3) is 28.0 Å². The highest BCUT2D eigenvalue weighted by atomic mass is 79.9. The summed E-state index contributed by atoms with van der Waals surface area (Å²) >= 11 is 9.30. The van der Waals surface area contributed by atoms with E-state index in [9.17, 15) is 4.79 Å². The molecule has 1 aliphatic rings. The molecule has 0 spiro atoms. The SMILES string of the molecule is O=C1CCCN1CCNc1[nH]c(=S)n(-c2ccc3nc[nH]c3c2)c1-c1cccc(Br)c1. The summed E-state index contributed by atoms with van der Waals surface area (Å²) in [5.41, 5.74) is 4.76. The lowest BCUT2D eigenvalue weighted by molar-refractivity contribution is -0.127. The maximum atomic E-state index is 11.9. The third-order valence-electron chi connectivity index (χ3n) is 5.51. The molecule has 2 aromatic heterocycles. The lowest BCUT2D eigenvalue weighted by Gasteiger charge is -2.17. The number of aromatic nitrogens is 4. The minimum Gasteiger partial charge on any atom is -0.368 e. The fourth-order valence-corrected chi connectivity index (χ4v) is 4.74. The van der Waals surface area contributed by atoms with Gasteiger partial charge in [0.05, 0.1) is 28.7 Å². The minimum absolute atomic E-state index is 0.229. The van der Waals surface area contributed by atoms with Crippen molar-refractivity contribution in [2.45, 2.75) is 12.8 Å². The summed E-state index contributed by atoms with van der Waals surface area (Å²) in [5, 5.41) is 3.47. The van der Waals surface area contributed by atoms with Crippen LogP contribution in [0.4, 0.5) is 5.82 Å². The molecule has 0 atom stereocenters. The van der Waals surface area contributed by atoms with Gasteiger partial charge in [0, 0.05) is 36.1 Å². The van der Waals surface area contributed by atoms with Gasteiger partial charge in [0.1, 0.15) is 5.82 Å². The molecule has 0 unspecified atom stereocenters. The first-order chi connectivity index (χ1) is 15.1. The molecule has 5 rings (SSSR count). The monoisotopic (exact) mass is 496 g/mol. The van der Waals surface area contributed by atoms with Crippen LogP contribution in [0.5, 0.6) is 0 Å². The van der Waals surface area contributed by atoms with Crippen LogP contribution in [0.2, 0.25) is 0 Å². The van der Waals surface area contributed by atoms with Gasteiger partial charge in [-0.25, -0.2) is 4.98 Å². The molecule has 7 nitrogen and oxygen atoms in total. The van der Waals surface area contributed by atoms with Crippen molar-refractivity contribution in [2.24, 2.45) is 0 Å². The number of halogens is 1. The number of H-pyrrole nitrogens is 2. The van der Waals surface area contributed by atoms with Crippen molar-refractivity contribution in [3.05, 3.63) is 58.0 Å². The van der Waals surface area contributed by atoms with E-state index in [2.05, 4.69) is 48.3 Å². The van der Waals surface area contributed by atoms with Crippen LogP contribution in [0.3, 0.4) is 0 Å². The molecule has 0 aliphatic carbocycles. The molecule has 31 heavy (non-hydrogen) atoms. The number of anilines is 1. The van der Waals surface area contributed by atoms with Gasteiger partial charge in [0.2, 0.25) is 5.91 Å². The number of carbonyl (C=O) groups excluding carboxylic acids is 1. The molecule has 0 bridgehead atoms. The molecule has 158 valence electrons. The van der Waals surface area contributed by atoms with Crippen LogP contribution >= 0.6 is 28.1 Å². The number of nitrogens with one attached hydrogen (secondary N) is 3. The molecule has 0 saturated carbocycles. The highest BCUT2D eigenvalue weighted by molar-refractivity contribution is 9.10. The van der Waals surface area contributed by atoms with Crippen LogP contribution in [0.15, 0.2) is 53.3 Å². The average molecular weight is 497 g/mol. The smallest absolute Gasteiger partial charge is 0.222 e. The number of carbonyl (C=O) groups is 1.